The van der Waals surface area contributed by atoms with Gasteiger partial charge in [-0.3, -0.25) is 0 Å². The normalized spacial score (nSPS) is 10.5. The van der Waals surface area contributed by atoms with Gasteiger partial charge in [0.05, 0.1) is 0 Å². The molecule has 0 bridgehead atoms. The van der Waals surface area contributed by atoms with E-state index in [0.717, 1.165) is 5.56 Å². The van der Waals surface area contributed by atoms with Crippen LogP contribution in [0.3, 0.4) is 0 Å². The summed E-state index contributed by atoms with van der Waals surface area (Å²) in [6, 6.07) is 4.64. The number of benzene rings is 1. The minimum atomic E-state index is -0.256. The van der Waals surface area contributed by atoms with Crippen molar-refractivity contribution in [2.24, 2.45) is 0 Å². The van der Waals surface area contributed by atoms with Crippen molar-refractivity contribution in [3.8, 4) is 0 Å². The van der Waals surface area contributed by atoms with Crippen molar-refractivity contribution in [1.29, 1.82) is 0 Å². The monoisotopic (exact) mass is 148 g/mol. The van der Waals surface area contributed by atoms with E-state index >= 15 is 0 Å². The smallest absolute Gasteiger partial charge is 0.122 e. The summed E-state index contributed by atoms with van der Waals surface area (Å²) in [6.45, 7) is 4.02. The van der Waals surface area contributed by atoms with Crippen molar-refractivity contribution in [3.05, 3.63) is 29.6 Å². The first-order valence-electron chi connectivity index (χ1n) is 3.65. The Balaban J connectivity index is 3.08. The van der Waals surface area contributed by atoms with Gasteiger partial charge in [0.2, 0.25) is 0 Å². The molecule has 0 amide bonds. The molecule has 0 spiro atoms. The van der Waals surface area contributed by atoms with Gasteiger partial charge in [0.1, 0.15) is 13.7 Å². The zero-order chi connectivity index (χ0) is 8.43. The van der Waals surface area contributed by atoms with Crippen LogP contribution in [0.2, 0.25) is 0 Å². The second kappa shape index (κ2) is 3.08. The number of hydrogen-bond acceptors (Lipinski definition) is 0. The van der Waals surface area contributed by atoms with E-state index < -0.39 is 0 Å². The molecular formula is C9H10BF. The van der Waals surface area contributed by atoms with Crippen LogP contribution in [0.4, 0.5) is 4.39 Å². The molecule has 11 heavy (non-hydrogen) atoms. The lowest BCUT2D eigenvalue weighted by Crippen LogP contribution is -2.05. The number of halogens is 1. The van der Waals surface area contributed by atoms with Crippen molar-refractivity contribution in [2.75, 3.05) is 0 Å². The van der Waals surface area contributed by atoms with Crippen LogP contribution in [-0.2, 0) is 0 Å². The second-order valence-electron chi connectivity index (χ2n) is 2.97. The first-order valence-corrected chi connectivity index (χ1v) is 3.65. The molecule has 1 aromatic carbocycles. The van der Waals surface area contributed by atoms with Crippen LogP contribution >= 0.6 is 0 Å². The highest BCUT2D eigenvalue weighted by Crippen LogP contribution is 2.13. The molecule has 0 saturated heterocycles. The summed E-state index contributed by atoms with van der Waals surface area (Å²) in [6.07, 6.45) is 0. The zero-order valence-electron chi connectivity index (χ0n) is 6.76. The molecule has 0 heterocycles. The average molecular weight is 148 g/mol. The SMILES string of the molecule is [B]c1cc(F)cc(C(C)C)c1. The molecule has 0 aromatic heterocycles. The van der Waals surface area contributed by atoms with E-state index in [1.54, 1.807) is 6.07 Å². The van der Waals surface area contributed by atoms with Gasteiger partial charge in [-0.15, -0.1) is 0 Å². The molecular weight excluding hydrogens is 138 g/mol. The summed E-state index contributed by atoms with van der Waals surface area (Å²) < 4.78 is 12.7. The Kier molecular flexibility index (Phi) is 2.33. The van der Waals surface area contributed by atoms with Crippen LogP contribution in [0.1, 0.15) is 25.3 Å². The molecule has 1 rings (SSSR count). The van der Waals surface area contributed by atoms with Crippen molar-refractivity contribution in [3.63, 3.8) is 0 Å². The van der Waals surface area contributed by atoms with Gasteiger partial charge >= 0.3 is 0 Å². The lowest BCUT2D eigenvalue weighted by Gasteiger charge is -2.05. The fraction of sp³-hybridized carbons (Fsp3) is 0.333. The molecule has 0 N–H and O–H groups in total. The molecule has 56 valence electrons. The van der Waals surface area contributed by atoms with E-state index in [1.807, 2.05) is 13.8 Å². The van der Waals surface area contributed by atoms with Gasteiger partial charge in [-0.2, -0.15) is 0 Å². The largest absolute Gasteiger partial charge is 0.207 e. The molecule has 1 aromatic rings. The van der Waals surface area contributed by atoms with Crippen molar-refractivity contribution in [2.45, 2.75) is 19.8 Å². The van der Waals surface area contributed by atoms with Gasteiger partial charge in [0.25, 0.3) is 0 Å². The minimum Gasteiger partial charge on any atom is -0.207 e. The van der Waals surface area contributed by atoms with Crippen LogP contribution < -0.4 is 5.46 Å². The van der Waals surface area contributed by atoms with Crippen molar-refractivity contribution >= 4 is 13.3 Å². The van der Waals surface area contributed by atoms with Gasteiger partial charge in [-0.05, 0) is 23.6 Å². The topological polar surface area (TPSA) is 0 Å². The Bertz CT molecular complexity index is 235. The molecule has 0 unspecified atom stereocenters. The Labute approximate surface area is 67.8 Å². The summed E-state index contributed by atoms with van der Waals surface area (Å²) in [4.78, 5) is 0. The minimum absolute atomic E-state index is 0.256. The van der Waals surface area contributed by atoms with Gasteiger partial charge < -0.3 is 0 Å². The van der Waals surface area contributed by atoms with E-state index in [0.29, 0.717) is 11.4 Å². The standard InChI is InChI=1S/C9H10BF/c1-6(2)7-3-8(10)5-9(11)4-7/h3-6H,1-2H3. The van der Waals surface area contributed by atoms with Gasteiger partial charge in [0, 0.05) is 0 Å². The highest BCUT2D eigenvalue weighted by molar-refractivity contribution is 6.32. The summed E-state index contributed by atoms with van der Waals surface area (Å²) in [5.41, 5.74) is 1.44. The lowest BCUT2D eigenvalue weighted by atomic mass is 9.91. The van der Waals surface area contributed by atoms with Crippen LogP contribution in [-0.4, -0.2) is 7.85 Å². The fourth-order valence-electron chi connectivity index (χ4n) is 0.969. The molecule has 2 radical (unpaired) electrons. The molecule has 0 fully saturated rings. The molecule has 0 aliphatic rings. The predicted molar refractivity (Wildman–Crippen MR) is 45.9 cm³/mol. The average Bonchev–Trinajstić information content (AvgIpc) is 1.85. The first-order chi connectivity index (χ1) is 5.09. The molecule has 0 aliphatic heterocycles. The van der Waals surface area contributed by atoms with Gasteiger partial charge in [-0.1, -0.05) is 25.4 Å². The molecule has 0 aliphatic carbocycles. The quantitative estimate of drug-likeness (QED) is 0.532. The summed E-state index contributed by atoms with van der Waals surface area (Å²) in [5.74, 6) is 0.0710. The van der Waals surface area contributed by atoms with Crippen LogP contribution in [0, 0.1) is 5.82 Å². The van der Waals surface area contributed by atoms with Crippen LogP contribution in [0.15, 0.2) is 18.2 Å². The van der Waals surface area contributed by atoms with Crippen LogP contribution in [0.5, 0.6) is 0 Å². The zero-order valence-corrected chi connectivity index (χ0v) is 6.76. The lowest BCUT2D eigenvalue weighted by molar-refractivity contribution is 0.624. The molecule has 0 nitrogen and oxygen atoms in total. The Morgan fingerprint density at radius 3 is 2.36 bits per heavy atom. The third-order valence-electron chi connectivity index (χ3n) is 1.61. The Hall–Kier alpha value is -0.785. The van der Waals surface area contributed by atoms with Crippen molar-refractivity contribution in [1.82, 2.24) is 0 Å². The second-order valence-corrected chi connectivity index (χ2v) is 2.97. The number of hydrogen-bond donors (Lipinski definition) is 0. The highest BCUT2D eigenvalue weighted by Gasteiger charge is 2.00. The summed E-state index contributed by atoms with van der Waals surface area (Å²) in [7, 11) is 5.46. The molecule has 0 saturated carbocycles. The first kappa shape index (κ1) is 8.31. The maximum Gasteiger partial charge on any atom is 0.122 e. The molecule has 0 atom stereocenters. The van der Waals surface area contributed by atoms with Gasteiger partial charge in [-0.25, -0.2) is 4.39 Å². The number of rotatable bonds is 1. The predicted octanol–water partition coefficient (Wildman–Crippen LogP) is 1.74. The van der Waals surface area contributed by atoms with E-state index in [9.17, 15) is 4.39 Å². The third-order valence-corrected chi connectivity index (χ3v) is 1.61. The molecule has 2 heteroatoms. The highest BCUT2D eigenvalue weighted by atomic mass is 19.1. The third kappa shape index (κ3) is 2.07. The van der Waals surface area contributed by atoms with E-state index in [4.69, 9.17) is 7.85 Å². The summed E-state index contributed by atoms with van der Waals surface area (Å²) >= 11 is 0. The van der Waals surface area contributed by atoms with Gasteiger partial charge in [0.15, 0.2) is 0 Å². The van der Waals surface area contributed by atoms with E-state index in [-0.39, 0.29) is 5.82 Å². The van der Waals surface area contributed by atoms with Crippen molar-refractivity contribution < 1.29 is 4.39 Å². The Morgan fingerprint density at radius 1 is 1.27 bits per heavy atom. The summed E-state index contributed by atoms with van der Waals surface area (Å²) in [5, 5.41) is 0. The Morgan fingerprint density at radius 2 is 1.91 bits per heavy atom. The maximum atomic E-state index is 12.7. The van der Waals surface area contributed by atoms with E-state index in [2.05, 4.69) is 0 Å². The maximum absolute atomic E-state index is 12.7. The van der Waals surface area contributed by atoms with Crippen LogP contribution in [0.25, 0.3) is 0 Å². The fourth-order valence-corrected chi connectivity index (χ4v) is 0.969. The van der Waals surface area contributed by atoms with E-state index in [1.165, 1.54) is 12.1 Å².